The van der Waals surface area contributed by atoms with E-state index in [2.05, 4.69) is 73.2 Å². The van der Waals surface area contributed by atoms with E-state index >= 15 is 0 Å². The average molecular weight is 425 g/mol. The molecule has 1 N–H and O–H groups in total. The summed E-state index contributed by atoms with van der Waals surface area (Å²) in [6, 6.07) is 6.82. The molecule has 5 rings (SSSR count). The molecule has 1 aromatic carbocycles. The monoisotopic (exact) mass is 424 g/mol. The van der Waals surface area contributed by atoms with Crippen LogP contribution in [0.2, 0.25) is 0 Å². The summed E-state index contributed by atoms with van der Waals surface area (Å²) < 4.78 is 5.10. The normalized spacial score (nSPS) is 23.5. The van der Waals surface area contributed by atoms with Gasteiger partial charge in [0.2, 0.25) is 5.91 Å². The molecule has 6 nitrogen and oxygen atoms in total. The van der Waals surface area contributed by atoms with Crippen molar-refractivity contribution in [1.29, 1.82) is 0 Å². The van der Waals surface area contributed by atoms with Crippen molar-refractivity contribution >= 4 is 22.4 Å². The van der Waals surface area contributed by atoms with Crippen LogP contribution in [0.3, 0.4) is 0 Å². The molecule has 3 aliphatic rings. The van der Waals surface area contributed by atoms with Gasteiger partial charge in [-0.2, -0.15) is 0 Å². The predicted octanol–water partition coefficient (Wildman–Crippen LogP) is 2.85. The van der Waals surface area contributed by atoms with Gasteiger partial charge in [-0.3, -0.25) is 9.69 Å². The SMILES string of the molecule is CCN(CC)C(=O)[C@@H]1C=C2c3cccc4[nH]cc(c34)C[C@H]2N(C)C1.CN1CCOCC1. The van der Waals surface area contributed by atoms with Gasteiger partial charge in [-0.25, -0.2) is 0 Å². The molecule has 0 spiro atoms. The van der Waals surface area contributed by atoms with Crippen molar-refractivity contribution < 1.29 is 9.53 Å². The number of rotatable bonds is 3. The van der Waals surface area contributed by atoms with Crippen LogP contribution in [0.5, 0.6) is 0 Å². The third-order valence-corrected chi connectivity index (χ3v) is 6.90. The van der Waals surface area contributed by atoms with E-state index in [0.29, 0.717) is 6.04 Å². The van der Waals surface area contributed by atoms with Crippen LogP contribution in [-0.2, 0) is 16.0 Å². The summed E-state index contributed by atoms with van der Waals surface area (Å²) in [6.07, 6.45) is 5.41. The maximum atomic E-state index is 12.9. The number of H-pyrrole nitrogens is 1. The number of nitrogens with zero attached hydrogens (tertiary/aromatic N) is 3. The number of carbonyl (C=O) groups excluding carboxylic acids is 1. The summed E-state index contributed by atoms with van der Waals surface area (Å²) in [5.41, 5.74) is 5.21. The zero-order valence-electron chi connectivity index (χ0n) is 19.4. The molecule has 3 heterocycles. The van der Waals surface area contributed by atoms with Gasteiger partial charge < -0.3 is 19.5 Å². The number of hydrogen-bond donors (Lipinski definition) is 1. The Morgan fingerprint density at radius 2 is 1.94 bits per heavy atom. The van der Waals surface area contributed by atoms with Crippen molar-refractivity contribution in [2.75, 3.05) is 60.0 Å². The van der Waals surface area contributed by atoms with Crippen LogP contribution in [0.25, 0.3) is 16.5 Å². The molecule has 6 heteroatoms. The summed E-state index contributed by atoms with van der Waals surface area (Å²) in [5.74, 6) is 0.210. The molecule has 2 aromatic rings. The van der Waals surface area contributed by atoms with Crippen molar-refractivity contribution in [3.63, 3.8) is 0 Å². The molecule has 0 radical (unpaired) electrons. The van der Waals surface area contributed by atoms with E-state index in [-0.39, 0.29) is 11.8 Å². The first-order chi connectivity index (χ1) is 15.0. The number of aromatic amines is 1. The zero-order valence-corrected chi connectivity index (χ0v) is 19.4. The van der Waals surface area contributed by atoms with Gasteiger partial charge in [0, 0.05) is 55.9 Å². The molecule has 1 aromatic heterocycles. The number of likely N-dealkylation sites (N-methyl/N-ethyl adjacent to an activating group) is 2. The number of amides is 1. The standard InChI is InChI=1S/C20H25N3O.C5H11NO/c1-4-23(5-2)20(24)14-9-16-15-7-6-8-17-19(15)13(11-21-17)10-18(16)22(3)12-14;1-6-2-4-7-5-3-6/h6-9,11,14,18,21H,4-5,10,12H2,1-3H3;2-5H2,1H3/t14-,18-;/m1./s1. The van der Waals surface area contributed by atoms with Gasteiger partial charge in [-0.1, -0.05) is 18.2 Å². The molecule has 0 saturated carbocycles. The number of aromatic nitrogens is 1. The summed E-state index contributed by atoms with van der Waals surface area (Å²) in [5, 5.41) is 1.34. The summed E-state index contributed by atoms with van der Waals surface area (Å²) in [4.78, 5) is 22.8. The van der Waals surface area contributed by atoms with Gasteiger partial charge in [0.15, 0.2) is 0 Å². The maximum absolute atomic E-state index is 12.9. The van der Waals surface area contributed by atoms with Crippen LogP contribution in [-0.4, -0.2) is 91.7 Å². The van der Waals surface area contributed by atoms with Gasteiger partial charge in [0.25, 0.3) is 0 Å². The fraction of sp³-hybridized carbons (Fsp3) is 0.560. The van der Waals surface area contributed by atoms with E-state index < -0.39 is 0 Å². The quantitative estimate of drug-likeness (QED) is 0.823. The average Bonchev–Trinajstić information content (AvgIpc) is 3.20. The Morgan fingerprint density at radius 1 is 1.19 bits per heavy atom. The zero-order chi connectivity index (χ0) is 22.0. The van der Waals surface area contributed by atoms with Gasteiger partial charge in [0.1, 0.15) is 0 Å². The first-order valence-electron chi connectivity index (χ1n) is 11.6. The van der Waals surface area contributed by atoms with Crippen molar-refractivity contribution in [2.45, 2.75) is 26.3 Å². The molecular formula is C25H36N4O2. The lowest BCUT2D eigenvalue weighted by Crippen LogP contribution is -2.47. The van der Waals surface area contributed by atoms with Crippen LogP contribution in [0.15, 0.2) is 30.5 Å². The Kier molecular flexibility index (Phi) is 6.80. The first kappa shape index (κ1) is 22.1. The Bertz CT molecular complexity index is 940. The minimum Gasteiger partial charge on any atom is -0.379 e. The second-order valence-corrected chi connectivity index (χ2v) is 8.86. The molecule has 1 amide bonds. The largest absolute Gasteiger partial charge is 0.379 e. The highest BCUT2D eigenvalue weighted by Gasteiger charge is 2.36. The predicted molar refractivity (Wildman–Crippen MR) is 126 cm³/mol. The number of hydrogen-bond acceptors (Lipinski definition) is 4. The molecular weight excluding hydrogens is 388 g/mol. The second kappa shape index (κ2) is 9.55. The van der Waals surface area contributed by atoms with E-state index in [1.54, 1.807) is 0 Å². The van der Waals surface area contributed by atoms with Crippen LogP contribution in [0.1, 0.15) is 25.0 Å². The van der Waals surface area contributed by atoms with E-state index in [4.69, 9.17) is 4.74 Å². The molecule has 2 aliphatic heterocycles. The molecule has 168 valence electrons. The Hall–Kier alpha value is -2.15. The van der Waals surface area contributed by atoms with Gasteiger partial charge in [0.05, 0.1) is 19.1 Å². The Balaban J connectivity index is 0.000000282. The molecule has 0 bridgehead atoms. The lowest BCUT2D eigenvalue weighted by atomic mass is 9.79. The van der Waals surface area contributed by atoms with Crippen molar-refractivity contribution in [3.05, 3.63) is 41.6 Å². The van der Waals surface area contributed by atoms with Gasteiger partial charge >= 0.3 is 0 Å². The Labute approximate surface area is 185 Å². The maximum Gasteiger partial charge on any atom is 0.230 e. The van der Waals surface area contributed by atoms with Crippen molar-refractivity contribution in [1.82, 2.24) is 19.7 Å². The molecule has 31 heavy (non-hydrogen) atoms. The van der Waals surface area contributed by atoms with E-state index in [1.165, 1.54) is 27.6 Å². The third kappa shape index (κ3) is 4.43. The Morgan fingerprint density at radius 3 is 2.58 bits per heavy atom. The topological polar surface area (TPSA) is 51.8 Å². The lowest BCUT2D eigenvalue weighted by Gasteiger charge is -2.40. The molecule has 1 saturated heterocycles. The van der Waals surface area contributed by atoms with E-state index in [0.717, 1.165) is 52.4 Å². The van der Waals surface area contributed by atoms with Gasteiger partial charge in [-0.05, 0) is 57.1 Å². The molecule has 2 atom stereocenters. The molecule has 0 unspecified atom stereocenters. The smallest absolute Gasteiger partial charge is 0.230 e. The van der Waals surface area contributed by atoms with Crippen LogP contribution in [0.4, 0.5) is 0 Å². The summed E-state index contributed by atoms with van der Waals surface area (Å²) >= 11 is 0. The summed E-state index contributed by atoms with van der Waals surface area (Å²) in [7, 11) is 4.26. The highest BCUT2D eigenvalue weighted by atomic mass is 16.5. The fourth-order valence-corrected chi connectivity index (χ4v) is 5.03. The second-order valence-electron chi connectivity index (χ2n) is 8.86. The number of carbonyl (C=O) groups is 1. The number of nitrogens with one attached hydrogen (secondary N) is 1. The molecule has 1 aliphatic carbocycles. The minimum atomic E-state index is -0.0445. The van der Waals surface area contributed by atoms with Crippen LogP contribution in [0, 0.1) is 5.92 Å². The molecule has 1 fully saturated rings. The van der Waals surface area contributed by atoms with Crippen LogP contribution < -0.4 is 0 Å². The van der Waals surface area contributed by atoms with Crippen LogP contribution >= 0.6 is 0 Å². The minimum absolute atomic E-state index is 0.0445. The number of fused-ring (bicyclic) bond motifs is 2. The highest BCUT2D eigenvalue weighted by molar-refractivity contribution is 5.99. The lowest BCUT2D eigenvalue weighted by molar-refractivity contribution is -0.134. The van der Waals surface area contributed by atoms with E-state index in [1.807, 2.05) is 4.90 Å². The number of morpholine rings is 1. The van der Waals surface area contributed by atoms with Crippen molar-refractivity contribution in [2.24, 2.45) is 5.92 Å². The van der Waals surface area contributed by atoms with E-state index in [9.17, 15) is 4.79 Å². The fourth-order valence-electron chi connectivity index (χ4n) is 5.03. The summed E-state index contributed by atoms with van der Waals surface area (Å²) in [6.45, 7) is 10.5. The number of ether oxygens (including phenoxy) is 1. The van der Waals surface area contributed by atoms with Gasteiger partial charge in [-0.15, -0.1) is 0 Å². The third-order valence-electron chi connectivity index (χ3n) is 6.90. The first-order valence-corrected chi connectivity index (χ1v) is 11.6. The number of benzene rings is 1. The highest BCUT2D eigenvalue weighted by Crippen LogP contribution is 2.40. The van der Waals surface area contributed by atoms with Crippen molar-refractivity contribution in [3.8, 4) is 0 Å².